The van der Waals surface area contributed by atoms with E-state index in [9.17, 15) is 18.0 Å². The van der Waals surface area contributed by atoms with Crippen LogP contribution in [0.5, 0.6) is 0 Å². The second-order valence-electron chi connectivity index (χ2n) is 3.49. The highest BCUT2D eigenvalue weighted by atomic mass is 32.2. The molecule has 0 saturated heterocycles. The van der Waals surface area contributed by atoms with Gasteiger partial charge in [-0.15, -0.1) is 0 Å². The zero-order valence-electron chi connectivity index (χ0n) is 9.00. The van der Waals surface area contributed by atoms with Crippen LogP contribution in [0.25, 0.3) is 0 Å². The van der Waals surface area contributed by atoms with E-state index in [1.807, 2.05) is 0 Å². The average molecular weight is 257 g/mol. The van der Waals surface area contributed by atoms with Crippen molar-refractivity contribution >= 4 is 27.4 Å². The average Bonchev–Trinajstić information content (AvgIpc) is 2.14. The van der Waals surface area contributed by atoms with Gasteiger partial charge in [0.1, 0.15) is 10.7 Å². The smallest absolute Gasteiger partial charge is 0.296 e. The predicted octanol–water partition coefficient (Wildman–Crippen LogP) is 0.677. The number of rotatable bonds is 4. The van der Waals surface area contributed by atoms with Gasteiger partial charge in [-0.1, -0.05) is 6.07 Å². The fourth-order valence-corrected chi connectivity index (χ4v) is 1.97. The number of hydrogen-bond donors (Lipinski definition) is 2. The Kier molecular flexibility index (Phi) is 3.64. The first-order valence-corrected chi connectivity index (χ1v) is 6.06. The summed E-state index contributed by atoms with van der Waals surface area (Å²) in [5.41, 5.74) is 5.04. The second-order valence-corrected chi connectivity index (χ2v) is 4.88. The summed E-state index contributed by atoms with van der Waals surface area (Å²) in [5.74, 6) is -0.938. The Bertz CT molecular complexity index is 576. The van der Waals surface area contributed by atoms with Gasteiger partial charge in [-0.05, 0) is 19.1 Å². The van der Waals surface area contributed by atoms with E-state index < -0.39 is 20.8 Å². The molecule has 7 heteroatoms. The molecule has 0 saturated carbocycles. The third-order valence-corrected chi connectivity index (χ3v) is 2.97. The van der Waals surface area contributed by atoms with Crippen molar-refractivity contribution in [2.24, 2.45) is 0 Å². The Morgan fingerprint density at radius 1 is 1.35 bits per heavy atom. The largest absolute Gasteiger partial charge is 0.397 e. The summed E-state index contributed by atoms with van der Waals surface area (Å²) in [6.45, 7) is 1.24. The minimum atomic E-state index is -4.48. The van der Waals surface area contributed by atoms with Crippen LogP contribution in [-0.2, 0) is 14.9 Å². The van der Waals surface area contributed by atoms with E-state index in [1.54, 1.807) is 0 Å². The molecule has 0 aliphatic rings. The molecule has 92 valence electrons. The molecule has 0 bridgehead atoms. The number of para-hydroxylation sites is 1. The number of nitrogens with two attached hydrogens (primary N) is 1. The van der Waals surface area contributed by atoms with E-state index in [1.165, 1.54) is 19.1 Å². The van der Waals surface area contributed by atoms with Crippen molar-refractivity contribution in [2.45, 2.75) is 18.2 Å². The third-order valence-electron chi connectivity index (χ3n) is 2.05. The maximum Gasteiger partial charge on any atom is 0.296 e. The molecule has 0 spiro atoms. The number of Topliss-reactive ketones (excluding diaryl/α,β-unsaturated/α-hetero) is 2. The van der Waals surface area contributed by atoms with Gasteiger partial charge in [0.2, 0.25) is 0 Å². The predicted molar refractivity (Wildman–Crippen MR) is 60.3 cm³/mol. The molecule has 0 aromatic heterocycles. The molecule has 1 rings (SSSR count). The topological polar surface area (TPSA) is 115 Å². The highest BCUT2D eigenvalue weighted by molar-refractivity contribution is 7.86. The van der Waals surface area contributed by atoms with E-state index >= 15 is 0 Å². The number of hydrogen-bond acceptors (Lipinski definition) is 5. The van der Waals surface area contributed by atoms with Gasteiger partial charge in [-0.3, -0.25) is 14.1 Å². The zero-order valence-corrected chi connectivity index (χ0v) is 9.82. The van der Waals surface area contributed by atoms with Crippen LogP contribution in [-0.4, -0.2) is 24.5 Å². The standard InChI is InChI=1S/C10H11NO5S/c1-6(12)5-8(13)7-3-2-4-9(10(7)11)17(14,15)16/h2-4H,5,11H2,1H3,(H,14,15,16). The second kappa shape index (κ2) is 4.64. The molecule has 1 aromatic rings. The Balaban J connectivity index is 3.29. The normalized spacial score (nSPS) is 11.2. The SMILES string of the molecule is CC(=O)CC(=O)c1cccc(S(=O)(=O)O)c1N. The van der Waals surface area contributed by atoms with Crippen molar-refractivity contribution in [3.8, 4) is 0 Å². The number of ketones is 2. The fourth-order valence-electron chi connectivity index (χ4n) is 1.33. The van der Waals surface area contributed by atoms with Crippen molar-refractivity contribution in [2.75, 3.05) is 5.73 Å². The summed E-state index contributed by atoms with van der Waals surface area (Å²) in [6, 6.07) is 3.65. The van der Waals surface area contributed by atoms with Gasteiger partial charge in [-0.2, -0.15) is 8.42 Å². The first-order chi connectivity index (χ1) is 7.73. The molecule has 0 radical (unpaired) electrons. The number of carbonyl (C=O) groups excluding carboxylic acids is 2. The highest BCUT2D eigenvalue weighted by Crippen LogP contribution is 2.23. The lowest BCUT2D eigenvalue weighted by molar-refractivity contribution is -0.116. The summed E-state index contributed by atoms with van der Waals surface area (Å²) in [5, 5.41) is 0. The highest BCUT2D eigenvalue weighted by Gasteiger charge is 2.20. The molecular formula is C10H11NO5S. The summed E-state index contributed by atoms with van der Waals surface area (Å²) >= 11 is 0. The first-order valence-electron chi connectivity index (χ1n) is 4.62. The Morgan fingerprint density at radius 3 is 2.41 bits per heavy atom. The third kappa shape index (κ3) is 3.11. The van der Waals surface area contributed by atoms with E-state index in [0.29, 0.717) is 0 Å². The van der Waals surface area contributed by atoms with Crippen LogP contribution in [0, 0.1) is 0 Å². The first kappa shape index (κ1) is 13.3. The monoisotopic (exact) mass is 257 g/mol. The van der Waals surface area contributed by atoms with Crippen LogP contribution in [0.1, 0.15) is 23.7 Å². The number of carbonyl (C=O) groups is 2. The molecule has 1 aromatic carbocycles. The van der Waals surface area contributed by atoms with Gasteiger partial charge in [0.05, 0.1) is 12.1 Å². The molecule has 0 unspecified atom stereocenters. The Morgan fingerprint density at radius 2 is 1.94 bits per heavy atom. The lowest BCUT2D eigenvalue weighted by Gasteiger charge is -2.07. The molecule has 0 fully saturated rings. The van der Waals surface area contributed by atoms with Gasteiger partial charge in [0.25, 0.3) is 10.1 Å². The van der Waals surface area contributed by atoms with Crippen molar-refractivity contribution in [1.29, 1.82) is 0 Å². The zero-order chi connectivity index (χ0) is 13.2. The maximum atomic E-state index is 11.6. The van der Waals surface area contributed by atoms with Crippen LogP contribution in [0.4, 0.5) is 5.69 Å². The van der Waals surface area contributed by atoms with Crippen LogP contribution in [0.2, 0.25) is 0 Å². The van der Waals surface area contributed by atoms with Crippen molar-refractivity contribution in [3.63, 3.8) is 0 Å². The minimum Gasteiger partial charge on any atom is -0.397 e. The fraction of sp³-hybridized carbons (Fsp3) is 0.200. The lowest BCUT2D eigenvalue weighted by Crippen LogP contribution is -2.11. The number of anilines is 1. The molecule has 0 aliphatic carbocycles. The summed E-state index contributed by atoms with van der Waals surface area (Å²) in [6.07, 6.45) is -0.362. The minimum absolute atomic E-state index is 0.0877. The lowest BCUT2D eigenvalue weighted by atomic mass is 10.0. The molecule has 0 heterocycles. The van der Waals surface area contributed by atoms with E-state index in [0.717, 1.165) is 6.07 Å². The van der Waals surface area contributed by atoms with Gasteiger partial charge >= 0.3 is 0 Å². The van der Waals surface area contributed by atoms with E-state index in [2.05, 4.69) is 0 Å². The van der Waals surface area contributed by atoms with Crippen LogP contribution >= 0.6 is 0 Å². The summed E-state index contributed by atoms with van der Waals surface area (Å²) < 4.78 is 30.8. The van der Waals surface area contributed by atoms with Crippen molar-refractivity contribution < 1.29 is 22.6 Å². The van der Waals surface area contributed by atoms with Crippen molar-refractivity contribution in [3.05, 3.63) is 23.8 Å². The van der Waals surface area contributed by atoms with Crippen molar-refractivity contribution in [1.82, 2.24) is 0 Å². The van der Waals surface area contributed by atoms with Gasteiger partial charge in [0.15, 0.2) is 5.78 Å². The Labute approximate surface area is 98.2 Å². The number of benzene rings is 1. The molecule has 3 N–H and O–H groups in total. The summed E-state index contributed by atoms with van der Waals surface area (Å²) in [7, 11) is -4.48. The number of nitrogen functional groups attached to an aromatic ring is 1. The van der Waals surface area contributed by atoms with Crippen LogP contribution in [0.3, 0.4) is 0 Å². The maximum absolute atomic E-state index is 11.6. The van der Waals surface area contributed by atoms with E-state index in [-0.39, 0.29) is 23.5 Å². The molecule has 0 atom stereocenters. The molecular weight excluding hydrogens is 246 g/mol. The van der Waals surface area contributed by atoms with Gasteiger partial charge < -0.3 is 5.73 Å². The van der Waals surface area contributed by atoms with Crippen LogP contribution < -0.4 is 5.73 Å². The van der Waals surface area contributed by atoms with E-state index in [4.69, 9.17) is 10.3 Å². The van der Waals surface area contributed by atoms with Gasteiger partial charge in [0, 0.05) is 5.56 Å². The van der Waals surface area contributed by atoms with Gasteiger partial charge in [-0.25, -0.2) is 0 Å². The van der Waals surface area contributed by atoms with Crippen LogP contribution in [0.15, 0.2) is 23.1 Å². The molecule has 17 heavy (non-hydrogen) atoms. The summed E-state index contributed by atoms with van der Waals surface area (Å²) in [4.78, 5) is 21.8. The Hall–Kier alpha value is -1.73. The molecule has 0 amide bonds. The molecule has 6 nitrogen and oxygen atoms in total. The quantitative estimate of drug-likeness (QED) is 0.354. The molecule has 0 aliphatic heterocycles.